The Kier molecular flexibility index (Phi) is 16.8. The molecule has 0 N–H and O–H groups in total. The van der Waals surface area contributed by atoms with Gasteiger partial charge < -0.3 is 5.32 Å². The van der Waals surface area contributed by atoms with Gasteiger partial charge >= 0.3 is 0 Å². The molecule has 0 saturated carbocycles. The minimum atomic E-state index is 0. The van der Waals surface area contributed by atoms with Crippen LogP contribution in [0.1, 0.15) is 6.92 Å². The van der Waals surface area contributed by atoms with Crippen molar-refractivity contribution in [2.24, 2.45) is 0 Å². The maximum Gasteiger partial charge on any atom is 0 e. The van der Waals surface area contributed by atoms with E-state index in [4.69, 9.17) is 0 Å². The Morgan fingerprint density at radius 3 is 1.80 bits per heavy atom. The summed E-state index contributed by atoms with van der Waals surface area (Å²) < 4.78 is 0. The van der Waals surface area contributed by atoms with Crippen LogP contribution in [0.15, 0.2) is 0 Å². The van der Waals surface area contributed by atoms with E-state index in [1.54, 1.807) is 7.05 Å². The van der Waals surface area contributed by atoms with Crippen LogP contribution in [0.2, 0.25) is 0 Å². The van der Waals surface area contributed by atoms with E-state index in [9.17, 15) is 0 Å². The van der Waals surface area contributed by atoms with Crippen molar-refractivity contribution in [3.8, 4) is 0 Å². The molecule has 0 rings (SSSR count). The second kappa shape index (κ2) is 8.91. The van der Waals surface area contributed by atoms with Crippen molar-refractivity contribution >= 4 is 0 Å². The van der Waals surface area contributed by atoms with Crippen molar-refractivity contribution in [3.63, 3.8) is 0 Å². The minimum Gasteiger partial charge on any atom is -0.665 e. The molecular weight excluding hydrogens is 139 g/mol. The quantitative estimate of drug-likeness (QED) is 0.525. The summed E-state index contributed by atoms with van der Waals surface area (Å²) in [7, 11) is 1.81. The summed E-state index contributed by atoms with van der Waals surface area (Å²) >= 11 is 0. The third kappa shape index (κ3) is 11.2. The van der Waals surface area contributed by atoms with Gasteiger partial charge in [0, 0.05) is 32.7 Å². The summed E-state index contributed by atoms with van der Waals surface area (Å²) in [5, 5.41) is 3.74. The molecule has 0 aromatic rings. The van der Waals surface area contributed by atoms with Crippen LogP contribution in [0.3, 0.4) is 0 Å². The van der Waals surface area contributed by atoms with Crippen molar-refractivity contribution in [1.82, 2.24) is 0 Å². The maximum absolute atomic E-state index is 3.74. The molecule has 1 nitrogen and oxygen atoms in total. The molecule has 5 heavy (non-hydrogen) atoms. The van der Waals surface area contributed by atoms with Crippen molar-refractivity contribution < 1.29 is 32.7 Å². The van der Waals surface area contributed by atoms with E-state index in [0.29, 0.717) is 0 Å². The van der Waals surface area contributed by atoms with E-state index in [2.05, 4.69) is 5.32 Å². The average molecular weight is 147 g/mol. The first-order chi connectivity index (χ1) is 1.91. The predicted molar refractivity (Wildman–Crippen MR) is 19.8 cm³/mol. The first kappa shape index (κ1) is 9.42. The van der Waals surface area contributed by atoms with E-state index in [1.165, 1.54) is 0 Å². The molecule has 0 fully saturated rings. The summed E-state index contributed by atoms with van der Waals surface area (Å²) in [6.07, 6.45) is 0. The van der Waals surface area contributed by atoms with Crippen molar-refractivity contribution in [2.45, 2.75) is 6.92 Å². The first-order valence-electron chi connectivity index (χ1n) is 1.47. The molecule has 0 aliphatic rings. The van der Waals surface area contributed by atoms with Gasteiger partial charge in [-0.1, -0.05) is 6.92 Å². The van der Waals surface area contributed by atoms with Crippen LogP contribution in [0.5, 0.6) is 0 Å². The molecule has 0 atom stereocenters. The largest absolute Gasteiger partial charge is 0.665 e. The molecule has 29 valence electrons. The summed E-state index contributed by atoms with van der Waals surface area (Å²) in [5.41, 5.74) is 0. The SMILES string of the molecule is CC[N-]C.[Y]. The molecule has 0 aromatic carbocycles. The van der Waals surface area contributed by atoms with Gasteiger partial charge in [0.1, 0.15) is 0 Å². The van der Waals surface area contributed by atoms with Gasteiger partial charge in [-0.2, -0.15) is 13.6 Å². The number of hydrogen-bond donors (Lipinski definition) is 0. The van der Waals surface area contributed by atoms with Crippen LogP contribution in [0.25, 0.3) is 5.32 Å². The molecule has 0 unspecified atom stereocenters. The Hall–Kier alpha value is 1.06. The third-order valence-corrected chi connectivity index (χ3v) is 0.316. The fourth-order valence-electron chi connectivity index (χ4n) is 0. The van der Waals surface area contributed by atoms with E-state index in [0.717, 1.165) is 6.54 Å². The van der Waals surface area contributed by atoms with Gasteiger partial charge in [-0.15, -0.1) is 0 Å². The van der Waals surface area contributed by atoms with Gasteiger partial charge in [-0.05, 0) is 0 Å². The van der Waals surface area contributed by atoms with E-state index < -0.39 is 0 Å². The third-order valence-electron chi connectivity index (χ3n) is 0.316. The number of hydrogen-bond acceptors (Lipinski definition) is 0. The predicted octanol–water partition coefficient (Wildman–Crippen LogP) is 1.01. The van der Waals surface area contributed by atoms with E-state index >= 15 is 0 Å². The minimum absolute atomic E-state index is 0. The molecule has 0 aliphatic heterocycles. The van der Waals surface area contributed by atoms with Gasteiger partial charge in [0.15, 0.2) is 0 Å². The monoisotopic (exact) mass is 147 g/mol. The summed E-state index contributed by atoms with van der Waals surface area (Å²) in [4.78, 5) is 0. The molecule has 0 spiro atoms. The van der Waals surface area contributed by atoms with Crippen LogP contribution < -0.4 is 0 Å². The van der Waals surface area contributed by atoms with Gasteiger partial charge in [0.2, 0.25) is 0 Å². The van der Waals surface area contributed by atoms with Crippen molar-refractivity contribution in [1.29, 1.82) is 0 Å². The Balaban J connectivity index is 0. The van der Waals surface area contributed by atoms with E-state index in [-0.39, 0.29) is 32.7 Å². The molecule has 0 heterocycles. The summed E-state index contributed by atoms with van der Waals surface area (Å²) in [5.74, 6) is 0. The van der Waals surface area contributed by atoms with Crippen LogP contribution in [-0.2, 0) is 32.7 Å². The van der Waals surface area contributed by atoms with Crippen LogP contribution in [-0.4, -0.2) is 13.6 Å². The van der Waals surface area contributed by atoms with Crippen molar-refractivity contribution in [2.75, 3.05) is 13.6 Å². The average Bonchev–Trinajstić information content (AvgIpc) is 1.37. The van der Waals surface area contributed by atoms with Gasteiger partial charge in [-0.25, -0.2) is 0 Å². The Labute approximate surface area is 58.4 Å². The van der Waals surface area contributed by atoms with E-state index in [1.807, 2.05) is 6.92 Å². The van der Waals surface area contributed by atoms with Crippen molar-refractivity contribution in [3.05, 3.63) is 5.32 Å². The van der Waals surface area contributed by atoms with Gasteiger partial charge in [-0.3, -0.25) is 0 Å². The van der Waals surface area contributed by atoms with Crippen LogP contribution >= 0.6 is 0 Å². The molecule has 2 heteroatoms. The van der Waals surface area contributed by atoms with Crippen LogP contribution in [0, 0.1) is 0 Å². The molecule has 0 amide bonds. The zero-order chi connectivity index (χ0) is 3.41. The summed E-state index contributed by atoms with van der Waals surface area (Å²) in [6.45, 7) is 2.96. The molecule has 0 bridgehead atoms. The van der Waals surface area contributed by atoms with Gasteiger partial charge in [0.25, 0.3) is 0 Å². The van der Waals surface area contributed by atoms with Gasteiger partial charge in [0.05, 0.1) is 0 Å². The molecule has 0 aliphatic carbocycles. The Morgan fingerprint density at radius 2 is 1.80 bits per heavy atom. The number of nitrogens with zero attached hydrogens (tertiary/aromatic N) is 1. The summed E-state index contributed by atoms with van der Waals surface area (Å²) in [6, 6.07) is 0. The second-order valence-electron chi connectivity index (χ2n) is 0.632. The fraction of sp³-hybridized carbons (Fsp3) is 1.00. The molecule has 1 radical (unpaired) electrons. The molecule has 0 aromatic heterocycles. The normalized spacial score (nSPS) is 6.00. The molecule has 0 saturated heterocycles. The fourth-order valence-corrected chi connectivity index (χ4v) is 0. The zero-order valence-corrected chi connectivity index (χ0v) is 6.57. The topological polar surface area (TPSA) is 14.1 Å². The second-order valence-corrected chi connectivity index (χ2v) is 0.632. The Morgan fingerprint density at radius 1 is 1.60 bits per heavy atom. The molecular formula is C3H8NY-. The first-order valence-corrected chi connectivity index (χ1v) is 1.47. The maximum atomic E-state index is 3.74. The Bertz CT molecular complexity index is 8.85. The smallest absolute Gasteiger partial charge is 0 e. The number of rotatable bonds is 1. The standard InChI is InChI=1S/C3H8N.Y/c1-3-4-2;/h3H2,1-2H3;/q-1;. The zero-order valence-electron chi connectivity index (χ0n) is 3.73. The van der Waals surface area contributed by atoms with Crippen LogP contribution in [0.4, 0.5) is 0 Å².